The zero-order valence-electron chi connectivity index (χ0n) is 9.60. The number of benzene rings is 1. The number of hydrogen-bond acceptors (Lipinski definition) is 3. The second kappa shape index (κ2) is 5.39. The van der Waals surface area contributed by atoms with E-state index in [4.69, 9.17) is 0 Å². The summed E-state index contributed by atoms with van der Waals surface area (Å²) in [5, 5.41) is 3.19. The lowest BCUT2D eigenvalue weighted by Crippen LogP contribution is -2.11. The molecule has 0 saturated carbocycles. The van der Waals surface area contributed by atoms with Crippen molar-refractivity contribution in [3.63, 3.8) is 0 Å². The molecule has 2 aromatic rings. The first-order chi connectivity index (χ1) is 8.29. The zero-order chi connectivity index (χ0) is 12.1. The van der Waals surface area contributed by atoms with Crippen molar-refractivity contribution in [2.75, 3.05) is 5.32 Å². The third-order valence-corrected chi connectivity index (χ3v) is 2.57. The van der Waals surface area contributed by atoms with Gasteiger partial charge in [-0.2, -0.15) is 4.39 Å². The highest BCUT2D eigenvalue weighted by atomic mass is 19.1. The molecule has 3 nitrogen and oxygen atoms in total. The van der Waals surface area contributed by atoms with E-state index in [1.807, 2.05) is 30.3 Å². The van der Waals surface area contributed by atoms with Crippen molar-refractivity contribution in [1.29, 1.82) is 0 Å². The van der Waals surface area contributed by atoms with Crippen molar-refractivity contribution in [1.82, 2.24) is 9.97 Å². The van der Waals surface area contributed by atoms with Gasteiger partial charge in [-0.05, 0) is 12.0 Å². The fraction of sp³-hybridized carbons (Fsp3) is 0.231. The lowest BCUT2D eigenvalue weighted by Gasteiger charge is -2.17. The number of anilines is 1. The van der Waals surface area contributed by atoms with Crippen LogP contribution in [0.1, 0.15) is 24.9 Å². The van der Waals surface area contributed by atoms with Crippen molar-refractivity contribution in [3.05, 3.63) is 54.2 Å². The van der Waals surface area contributed by atoms with Crippen LogP contribution in [0.2, 0.25) is 0 Å². The Morgan fingerprint density at radius 1 is 1.24 bits per heavy atom. The van der Waals surface area contributed by atoms with Crippen LogP contribution >= 0.6 is 0 Å². The fourth-order valence-corrected chi connectivity index (χ4v) is 1.70. The second-order valence-electron chi connectivity index (χ2n) is 3.74. The van der Waals surface area contributed by atoms with Gasteiger partial charge in [-0.25, -0.2) is 9.97 Å². The van der Waals surface area contributed by atoms with Gasteiger partial charge in [0.25, 0.3) is 0 Å². The third kappa shape index (κ3) is 3.00. The molecule has 88 valence electrons. The Bertz CT molecular complexity index is 473. The Morgan fingerprint density at radius 3 is 2.65 bits per heavy atom. The predicted octanol–water partition coefficient (Wildman–Crippen LogP) is 3.18. The summed E-state index contributed by atoms with van der Waals surface area (Å²) in [5.74, 6) is -0.0152. The summed E-state index contributed by atoms with van der Waals surface area (Å²) in [4.78, 5) is 7.42. The van der Waals surface area contributed by atoms with Gasteiger partial charge < -0.3 is 5.32 Å². The van der Waals surface area contributed by atoms with E-state index in [1.54, 1.807) is 0 Å². The van der Waals surface area contributed by atoms with Gasteiger partial charge in [0, 0.05) is 6.07 Å². The van der Waals surface area contributed by atoms with Crippen LogP contribution in [0.25, 0.3) is 0 Å². The molecule has 1 unspecified atom stereocenters. The molecule has 17 heavy (non-hydrogen) atoms. The highest BCUT2D eigenvalue weighted by Crippen LogP contribution is 2.20. The van der Waals surface area contributed by atoms with Crippen LogP contribution in [0.3, 0.4) is 0 Å². The Labute approximate surface area is 99.7 Å². The molecule has 0 saturated heterocycles. The van der Waals surface area contributed by atoms with Gasteiger partial charge in [-0.3, -0.25) is 0 Å². The topological polar surface area (TPSA) is 37.8 Å². The van der Waals surface area contributed by atoms with E-state index in [1.165, 1.54) is 12.4 Å². The molecule has 1 aromatic carbocycles. The molecule has 0 aliphatic heterocycles. The first kappa shape index (κ1) is 11.5. The summed E-state index contributed by atoms with van der Waals surface area (Å²) in [5.41, 5.74) is 1.16. The van der Waals surface area contributed by atoms with E-state index >= 15 is 0 Å². The van der Waals surface area contributed by atoms with E-state index in [2.05, 4.69) is 22.2 Å². The van der Waals surface area contributed by atoms with Crippen LogP contribution in [-0.4, -0.2) is 9.97 Å². The summed E-state index contributed by atoms with van der Waals surface area (Å²) < 4.78 is 12.9. The summed E-state index contributed by atoms with van der Waals surface area (Å²) >= 11 is 0. The zero-order valence-corrected chi connectivity index (χ0v) is 9.60. The fourth-order valence-electron chi connectivity index (χ4n) is 1.70. The van der Waals surface area contributed by atoms with Crippen LogP contribution in [0, 0.1) is 5.95 Å². The molecule has 0 aliphatic carbocycles. The maximum absolute atomic E-state index is 12.9. The summed E-state index contributed by atoms with van der Waals surface area (Å²) in [6, 6.07) is 11.5. The van der Waals surface area contributed by atoms with Gasteiger partial charge in [0.15, 0.2) is 0 Å². The Hall–Kier alpha value is -1.97. The number of hydrogen-bond donors (Lipinski definition) is 1. The molecule has 1 aromatic heterocycles. The molecular formula is C13H14FN3. The van der Waals surface area contributed by atoms with Crippen LogP contribution in [0.5, 0.6) is 0 Å². The molecule has 1 heterocycles. The van der Waals surface area contributed by atoms with Crippen molar-refractivity contribution < 1.29 is 4.39 Å². The number of aromatic nitrogens is 2. The van der Waals surface area contributed by atoms with Crippen LogP contribution < -0.4 is 5.32 Å². The largest absolute Gasteiger partial charge is 0.363 e. The minimum absolute atomic E-state index is 0.130. The molecule has 0 spiro atoms. The van der Waals surface area contributed by atoms with E-state index in [0.29, 0.717) is 5.82 Å². The molecule has 0 fully saturated rings. The Kier molecular flexibility index (Phi) is 3.65. The van der Waals surface area contributed by atoms with Crippen LogP contribution in [-0.2, 0) is 0 Å². The molecular weight excluding hydrogens is 217 g/mol. The van der Waals surface area contributed by atoms with Crippen molar-refractivity contribution in [2.45, 2.75) is 19.4 Å². The SMILES string of the molecule is CCC(Nc1cc(F)ncn1)c1ccccc1. The molecule has 0 amide bonds. The first-order valence-corrected chi connectivity index (χ1v) is 5.58. The number of rotatable bonds is 4. The van der Waals surface area contributed by atoms with Crippen LogP contribution in [0.15, 0.2) is 42.7 Å². The van der Waals surface area contributed by atoms with Crippen LogP contribution in [0.4, 0.5) is 10.2 Å². The van der Waals surface area contributed by atoms with Gasteiger partial charge in [0.05, 0.1) is 6.04 Å². The number of nitrogens with one attached hydrogen (secondary N) is 1. The van der Waals surface area contributed by atoms with Gasteiger partial charge in [0.1, 0.15) is 12.1 Å². The van der Waals surface area contributed by atoms with E-state index in [9.17, 15) is 4.39 Å². The number of nitrogens with zero attached hydrogens (tertiary/aromatic N) is 2. The highest BCUT2D eigenvalue weighted by Gasteiger charge is 2.09. The highest BCUT2D eigenvalue weighted by molar-refractivity contribution is 5.37. The predicted molar refractivity (Wildman–Crippen MR) is 65.1 cm³/mol. The summed E-state index contributed by atoms with van der Waals surface area (Å²) in [6.45, 7) is 2.07. The minimum Gasteiger partial charge on any atom is -0.363 e. The van der Waals surface area contributed by atoms with Crippen molar-refractivity contribution in [2.24, 2.45) is 0 Å². The first-order valence-electron chi connectivity index (χ1n) is 5.58. The molecule has 0 aliphatic rings. The monoisotopic (exact) mass is 231 g/mol. The van der Waals surface area contributed by atoms with Gasteiger partial charge >= 0.3 is 0 Å². The average Bonchev–Trinajstić information content (AvgIpc) is 2.37. The molecule has 0 radical (unpaired) electrons. The van der Waals surface area contributed by atoms with E-state index in [0.717, 1.165) is 12.0 Å². The molecule has 0 bridgehead atoms. The normalized spacial score (nSPS) is 12.1. The minimum atomic E-state index is -0.523. The Morgan fingerprint density at radius 2 is 2.00 bits per heavy atom. The van der Waals surface area contributed by atoms with Crippen molar-refractivity contribution in [3.8, 4) is 0 Å². The average molecular weight is 231 g/mol. The standard InChI is InChI=1S/C13H14FN3/c1-2-11(10-6-4-3-5-7-10)17-13-8-12(14)15-9-16-13/h3-9,11H,2H2,1H3,(H,15,16,17). The maximum Gasteiger partial charge on any atom is 0.217 e. The quantitative estimate of drug-likeness (QED) is 0.821. The number of halogens is 1. The molecule has 1 N–H and O–H groups in total. The van der Waals surface area contributed by atoms with Gasteiger partial charge in [0.2, 0.25) is 5.95 Å². The molecule has 1 atom stereocenters. The lowest BCUT2D eigenvalue weighted by molar-refractivity contribution is 0.579. The molecule has 4 heteroatoms. The smallest absolute Gasteiger partial charge is 0.217 e. The summed E-state index contributed by atoms with van der Waals surface area (Å²) in [7, 11) is 0. The second-order valence-corrected chi connectivity index (χ2v) is 3.74. The van der Waals surface area contributed by atoms with Gasteiger partial charge in [-0.1, -0.05) is 37.3 Å². The third-order valence-electron chi connectivity index (χ3n) is 2.57. The molecule has 2 rings (SSSR count). The summed E-state index contributed by atoms with van der Waals surface area (Å²) in [6.07, 6.45) is 2.12. The van der Waals surface area contributed by atoms with E-state index < -0.39 is 5.95 Å². The van der Waals surface area contributed by atoms with Crippen molar-refractivity contribution >= 4 is 5.82 Å². The lowest BCUT2D eigenvalue weighted by atomic mass is 10.0. The Balaban J connectivity index is 2.16. The van der Waals surface area contributed by atoms with Gasteiger partial charge in [-0.15, -0.1) is 0 Å². The van der Waals surface area contributed by atoms with E-state index in [-0.39, 0.29) is 6.04 Å². The maximum atomic E-state index is 12.9.